The fraction of sp³-hybridized carbons (Fsp3) is 0.462. The molecule has 0 heterocycles. The molecule has 1 rings (SSSR count). The molecule has 94 valence electrons. The van der Waals surface area contributed by atoms with E-state index in [0.717, 1.165) is 11.7 Å². The van der Waals surface area contributed by atoms with Crippen molar-refractivity contribution in [1.82, 2.24) is 0 Å². The largest absolute Gasteiger partial charge is 0.466 e. The number of carbonyl (C=O) groups is 1. The first-order valence-electron chi connectivity index (χ1n) is 5.93. The van der Waals surface area contributed by atoms with Crippen molar-refractivity contribution in [3.05, 3.63) is 30.3 Å². The van der Waals surface area contributed by atoms with E-state index in [1.165, 1.54) is 0 Å². The zero-order valence-corrected chi connectivity index (χ0v) is 11.3. The van der Waals surface area contributed by atoms with Crippen molar-refractivity contribution < 1.29 is 14.1 Å². The minimum absolute atomic E-state index is 0.0959. The van der Waals surface area contributed by atoms with E-state index in [-0.39, 0.29) is 18.0 Å². The molecule has 0 amide bonds. The van der Waals surface area contributed by atoms with E-state index in [1.54, 1.807) is 6.92 Å². The summed E-state index contributed by atoms with van der Waals surface area (Å²) in [7, 11) is -1.92. The van der Waals surface area contributed by atoms with Crippen LogP contribution in [0.15, 0.2) is 30.3 Å². The first-order valence-corrected chi connectivity index (χ1v) is 7.42. The highest BCUT2D eigenvalue weighted by Crippen LogP contribution is 2.32. The number of rotatable bonds is 6. The summed E-state index contributed by atoms with van der Waals surface area (Å²) in [6.45, 7) is 4.11. The van der Waals surface area contributed by atoms with Crippen LogP contribution in [0.3, 0.4) is 0 Å². The summed E-state index contributed by atoms with van der Waals surface area (Å²) in [4.78, 5) is 11.4. The van der Waals surface area contributed by atoms with Crippen LogP contribution in [-0.2, 0) is 14.1 Å². The smallest absolute Gasteiger partial charge is 0.306 e. The number of hydrogen-bond acceptors (Lipinski definition) is 3. The Balaban J connectivity index is 2.68. The predicted molar refractivity (Wildman–Crippen MR) is 70.4 cm³/mol. The Bertz CT molecular complexity index is 376. The number of hydrogen-bond donors (Lipinski definition) is 0. The molecule has 4 heteroatoms. The Morgan fingerprint density at radius 1 is 1.29 bits per heavy atom. The molecule has 2 unspecified atom stereocenters. The summed E-state index contributed by atoms with van der Waals surface area (Å²) >= 11 is 0. The van der Waals surface area contributed by atoms with Gasteiger partial charge in [-0.2, -0.15) is 0 Å². The lowest BCUT2D eigenvalue weighted by molar-refractivity contribution is -0.143. The molecule has 0 N–H and O–H groups in total. The molecule has 1 aromatic carbocycles. The molecule has 3 nitrogen and oxygen atoms in total. The third kappa shape index (κ3) is 4.35. The first-order chi connectivity index (χ1) is 8.19. The van der Waals surface area contributed by atoms with Crippen LogP contribution < -0.4 is 5.30 Å². The average Bonchev–Trinajstić information content (AvgIpc) is 2.36. The second-order valence-corrected chi connectivity index (χ2v) is 5.97. The van der Waals surface area contributed by atoms with Crippen LogP contribution in [-0.4, -0.2) is 18.2 Å². The summed E-state index contributed by atoms with van der Waals surface area (Å²) in [5.41, 5.74) is -0.0959. The predicted octanol–water partition coefficient (Wildman–Crippen LogP) is 2.60. The second kappa shape index (κ2) is 7.29. The number of ether oxygens (including phenoxy) is 1. The summed E-state index contributed by atoms with van der Waals surface area (Å²) < 4.78 is 17.2. The summed E-state index contributed by atoms with van der Waals surface area (Å²) in [6, 6.07) is 9.35. The third-order valence-electron chi connectivity index (χ3n) is 2.64. The van der Waals surface area contributed by atoms with Crippen molar-refractivity contribution in [3.63, 3.8) is 0 Å². The van der Waals surface area contributed by atoms with E-state index >= 15 is 0 Å². The van der Waals surface area contributed by atoms with Crippen LogP contribution in [0.2, 0.25) is 0 Å². The van der Waals surface area contributed by atoms with Gasteiger partial charge in [0.1, 0.15) is 7.80 Å². The average molecular weight is 254 g/mol. The van der Waals surface area contributed by atoms with Gasteiger partial charge in [-0.3, -0.25) is 4.79 Å². The maximum atomic E-state index is 12.3. The molecule has 0 bridgehead atoms. The lowest BCUT2D eigenvalue weighted by Gasteiger charge is -2.14. The molecule has 2 atom stereocenters. The Hall–Kier alpha value is -1.08. The highest BCUT2D eigenvalue weighted by molar-refractivity contribution is 7.54. The van der Waals surface area contributed by atoms with Gasteiger partial charge in [-0.25, -0.2) is 0 Å². The molecule has 0 spiro atoms. The van der Waals surface area contributed by atoms with Crippen LogP contribution in [0, 0.1) is 0 Å². The summed E-state index contributed by atoms with van der Waals surface area (Å²) in [5, 5.41) is 0.841. The van der Waals surface area contributed by atoms with Gasteiger partial charge in [-0.1, -0.05) is 37.3 Å². The van der Waals surface area contributed by atoms with Gasteiger partial charge in [0.15, 0.2) is 0 Å². The quantitative estimate of drug-likeness (QED) is 0.579. The lowest BCUT2D eigenvalue weighted by atomic mass is 10.2. The Labute approximate surface area is 103 Å². The van der Waals surface area contributed by atoms with Crippen LogP contribution in [0.4, 0.5) is 0 Å². The molecular weight excluding hydrogens is 235 g/mol. The van der Waals surface area contributed by atoms with Crippen molar-refractivity contribution >= 4 is 19.1 Å². The third-order valence-corrected chi connectivity index (χ3v) is 4.90. The summed E-state index contributed by atoms with van der Waals surface area (Å²) in [5.74, 6) is -0.256. The fourth-order valence-electron chi connectivity index (χ4n) is 1.68. The molecular formula is C13H19O3P. The highest BCUT2D eigenvalue weighted by Gasteiger charge is 2.20. The van der Waals surface area contributed by atoms with Crippen molar-refractivity contribution in [1.29, 1.82) is 0 Å². The number of carbonyl (C=O) groups excluding carboxylic acids is 1. The fourth-order valence-corrected chi connectivity index (χ4v) is 3.40. The molecule has 0 aromatic heterocycles. The summed E-state index contributed by atoms with van der Waals surface area (Å²) in [6.07, 6.45) is 0.975. The van der Waals surface area contributed by atoms with Gasteiger partial charge >= 0.3 is 5.97 Å². The van der Waals surface area contributed by atoms with Crippen LogP contribution in [0.5, 0.6) is 0 Å². The van der Waals surface area contributed by atoms with Crippen molar-refractivity contribution in [2.75, 3.05) is 6.61 Å². The lowest BCUT2D eigenvalue weighted by Crippen LogP contribution is -2.15. The molecule has 0 aliphatic carbocycles. The van der Waals surface area contributed by atoms with E-state index in [2.05, 4.69) is 0 Å². The Kier molecular flexibility index (Phi) is 5.99. The molecule has 0 aliphatic rings. The van der Waals surface area contributed by atoms with Gasteiger partial charge in [0.25, 0.3) is 0 Å². The molecule has 0 radical (unpaired) electrons. The number of benzene rings is 1. The highest BCUT2D eigenvalue weighted by atomic mass is 31.1. The van der Waals surface area contributed by atoms with Crippen molar-refractivity contribution in [2.24, 2.45) is 0 Å². The van der Waals surface area contributed by atoms with Crippen LogP contribution in [0.25, 0.3) is 0 Å². The zero-order valence-electron chi connectivity index (χ0n) is 10.3. The normalized spacial score (nSPS) is 14.0. The SMILES string of the molecule is CCOC(=O)CC(CC)[PH](=O)c1ccccc1. The molecule has 0 aliphatic heterocycles. The monoisotopic (exact) mass is 254 g/mol. The minimum Gasteiger partial charge on any atom is -0.466 e. The Morgan fingerprint density at radius 3 is 2.47 bits per heavy atom. The maximum absolute atomic E-state index is 12.3. The topological polar surface area (TPSA) is 43.4 Å². The molecule has 0 saturated carbocycles. The van der Waals surface area contributed by atoms with Gasteiger partial charge in [-0.15, -0.1) is 0 Å². The van der Waals surface area contributed by atoms with Gasteiger partial charge in [0, 0.05) is 11.0 Å². The van der Waals surface area contributed by atoms with Gasteiger partial charge in [-0.05, 0) is 13.3 Å². The van der Waals surface area contributed by atoms with Crippen molar-refractivity contribution in [3.8, 4) is 0 Å². The van der Waals surface area contributed by atoms with Crippen molar-refractivity contribution in [2.45, 2.75) is 32.3 Å². The molecule has 1 aromatic rings. The molecule has 0 saturated heterocycles. The Morgan fingerprint density at radius 2 is 1.94 bits per heavy atom. The van der Waals surface area contributed by atoms with E-state index in [0.29, 0.717) is 6.61 Å². The second-order valence-electron chi connectivity index (χ2n) is 3.84. The first kappa shape index (κ1) is 14.0. The van der Waals surface area contributed by atoms with Crippen LogP contribution >= 0.6 is 7.80 Å². The van der Waals surface area contributed by atoms with Crippen LogP contribution in [0.1, 0.15) is 26.7 Å². The maximum Gasteiger partial charge on any atom is 0.306 e. The van der Waals surface area contributed by atoms with E-state index in [4.69, 9.17) is 4.74 Å². The standard InChI is InChI=1S/C13H19O3P/c1-3-11(10-13(14)16-4-2)17(15)12-8-6-5-7-9-12/h5-9,11,17H,3-4,10H2,1-2H3. The van der Waals surface area contributed by atoms with E-state index in [1.807, 2.05) is 37.3 Å². The molecule has 17 heavy (non-hydrogen) atoms. The zero-order chi connectivity index (χ0) is 12.7. The van der Waals surface area contributed by atoms with Gasteiger partial charge < -0.3 is 9.30 Å². The minimum atomic E-state index is -1.92. The molecule has 0 fully saturated rings. The van der Waals surface area contributed by atoms with E-state index in [9.17, 15) is 9.36 Å². The van der Waals surface area contributed by atoms with Gasteiger partial charge in [0.05, 0.1) is 13.0 Å². The number of esters is 1. The van der Waals surface area contributed by atoms with Gasteiger partial charge in [0.2, 0.25) is 0 Å². The van der Waals surface area contributed by atoms with E-state index < -0.39 is 7.80 Å².